The summed E-state index contributed by atoms with van der Waals surface area (Å²) in [5.74, 6) is -0.0890. The van der Waals surface area contributed by atoms with Gasteiger partial charge in [-0.2, -0.15) is 0 Å². The van der Waals surface area contributed by atoms with Crippen LogP contribution < -0.4 is 5.32 Å². The molecule has 2 rings (SSSR count). The molecule has 100 valence electrons. The van der Waals surface area contributed by atoms with Crippen molar-refractivity contribution >= 4 is 0 Å². The summed E-state index contributed by atoms with van der Waals surface area (Å²) in [7, 11) is 0. The lowest BCUT2D eigenvalue weighted by Gasteiger charge is -2.09. The second kappa shape index (κ2) is 6.83. The summed E-state index contributed by atoms with van der Waals surface area (Å²) in [6, 6.07) is 3.67. The topological polar surface area (TPSA) is 12.0 Å². The second-order valence-corrected chi connectivity index (χ2v) is 5.25. The zero-order chi connectivity index (χ0) is 12.8. The number of halogens is 2. The molecule has 0 radical (unpaired) electrons. The van der Waals surface area contributed by atoms with Gasteiger partial charge in [0.05, 0.1) is 0 Å². The molecule has 0 aromatic heterocycles. The maximum absolute atomic E-state index is 12.9. The summed E-state index contributed by atoms with van der Waals surface area (Å²) in [5.41, 5.74) is 0.674. The SMILES string of the molecule is Fc1cc(F)cc(CNCCCC2CCCC2)c1. The first kappa shape index (κ1) is 13.5. The average molecular weight is 253 g/mol. The summed E-state index contributed by atoms with van der Waals surface area (Å²) in [6.45, 7) is 1.47. The van der Waals surface area contributed by atoms with Gasteiger partial charge in [-0.25, -0.2) is 8.78 Å². The quantitative estimate of drug-likeness (QED) is 0.755. The summed E-state index contributed by atoms with van der Waals surface area (Å²) < 4.78 is 25.9. The van der Waals surface area contributed by atoms with Crippen LogP contribution in [0.4, 0.5) is 8.78 Å². The van der Waals surface area contributed by atoms with Crippen molar-refractivity contribution in [1.29, 1.82) is 0 Å². The molecule has 1 nitrogen and oxygen atoms in total. The van der Waals surface area contributed by atoms with Crippen LogP contribution in [0.15, 0.2) is 18.2 Å². The van der Waals surface area contributed by atoms with Crippen molar-refractivity contribution in [2.24, 2.45) is 5.92 Å². The largest absolute Gasteiger partial charge is 0.313 e. The summed E-state index contributed by atoms with van der Waals surface area (Å²) in [5, 5.41) is 3.25. The Hall–Kier alpha value is -0.960. The Labute approximate surface area is 108 Å². The molecular formula is C15H21F2N. The lowest BCUT2D eigenvalue weighted by molar-refractivity contribution is 0.470. The van der Waals surface area contributed by atoms with E-state index in [0.29, 0.717) is 12.1 Å². The molecule has 1 aliphatic carbocycles. The van der Waals surface area contributed by atoms with Gasteiger partial charge in [-0.3, -0.25) is 0 Å². The van der Waals surface area contributed by atoms with Crippen LogP contribution in [0.1, 0.15) is 44.1 Å². The molecule has 3 heteroatoms. The highest BCUT2D eigenvalue weighted by Crippen LogP contribution is 2.28. The van der Waals surface area contributed by atoms with E-state index >= 15 is 0 Å². The third-order valence-electron chi connectivity index (χ3n) is 3.69. The van der Waals surface area contributed by atoms with Crippen molar-refractivity contribution < 1.29 is 8.78 Å². The minimum atomic E-state index is -0.502. The number of nitrogens with one attached hydrogen (secondary N) is 1. The van der Waals surface area contributed by atoms with Crippen LogP contribution in [0.2, 0.25) is 0 Å². The van der Waals surface area contributed by atoms with E-state index in [4.69, 9.17) is 0 Å². The first-order valence-electron chi connectivity index (χ1n) is 6.90. The Kier molecular flexibility index (Phi) is 5.12. The van der Waals surface area contributed by atoms with Crippen molar-refractivity contribution in [1.82, 2.24) is 5.32 Å². The van der Waals surface area contributed by atoms with Gasteiger partial charge in [-0.15, -0.1) is 0 Å². The van der Waals surface area contributed by atoms with E-state index in [1.54, 1.807) is 0 Å². The van der Waals surface area contributed by atoms with Gasteiger partial charge >= 0.3 is 0 Å². The normalized spacial score (nSPS) is 16.3. The Morgan fingerprint density at radius 3 is 2.39 bits per heavy atom. The van der Waals surface area contributed by atoms with Crippen molar-refractivity contribution in [3.63, 3.8) is 0 Å². The van der Waals surface area contributed by atoms with Crippen LogP contribution in [0.25, 0.3) is 0 Å². The Morgan fingerprint density at radius 1 is 1.06 bits per heavy atom. The predicted octanol–water partition coefficient (Wildman–Crippen LogP) is 4.02. The van der Waals surface area contributed by atoms with Crippen molar-refractivity contribution in [2.75, 3.05) is 6.54 Å². The molecule has 0 spiro atoms. The maximum Gasteiger partial charge on any atom is 0.126 e. The number of hydrogen-bond donors (Lipinski definition) is 1. The molecule has 0 heterocycles. The Balaban J connectivity index is 1.62. The molecule has 0 atom stereocenters. The molecule has 0 amide bonds. The molecule has 0 aliphatic heterocycles. The van der Waals surface area contributed by atoms with Gasteiger partial charge < -0.3 is 5.32 Å². The van der Waals surface area contributed by atoms with Crippen LogP contribution in [-0.4, -0.2) is 6.54 Å². The first-order valence-corrected chi connectivity index (χ1v) is 6.90. The highest BCUT2D eigenvalue weighted by Gasteiger charge is 2.13. The van der Waals surface area contributed by atoms with Gasteiger partial charge in [0, 0.05) is 12.6 Å². The van der Waals surface area contributed by atoms with E-state index in [0.717, 1.165) is 24.9 Å². The highest BCUT2D eigenvalue weighted by molar-refractivity contribution is 5.17. The van der Waals surface area contributed by atoms with Gasteiger partial charge in [-0.05, 0) is 43.0 Å². The minimum absolute atomic E-state index is 0.502. The molecule has 1 N–H and O–H groups in total. The lowest BCUT2D eigenvalue weighted by atomic mass is 10.0. The monoisotopic (exact) mass is 253 g/mol. The Morgan fingerprint density at radius 2 is 1.72 bits per heavy atom. The summed E-state index contributed by atoms with van der Waals surface area (Å²) in [6.07, 6.45) is 7.98. The van der Waals surface area contributed by atoms with E-state index in [-0.39, 0.29) is 0 Å². The van der Waals surface area contributed by atoms with Crippen molar-refractivity contribution in [2.45, 2.75) is 45.1 Å². The number of benzene rings is 1. The van der Waals surface area contributed by atoms with E-state index in [2.05, 4.69) is 5.32 Å². The second-order valence-electron chi connectivity index (χ2n) is 5.25. The van der Waals surface area contributed by atoms with Crippen LogP contribution in [0, 0.1) is 17.6 Å². The standard InChI is InChI=1S/C15H21F2N/c16-14-8-13(9-15(17)10-14)11-18-7-3-6-12-4-1-2-5-12/h8-10,12,18H,1-7,11H2. The predicted molar refractivity (Wildman–Crippen MR) is 69.3 cm³/mol. The molecular weight excluding hydrogens is 232 g/mol. The number of rotatable bonds is 6. The zero-order valence-electron chi connectivity index (χ0n) is 10.7. The number of hydrogen-bond acceptors (Lipinski definition) is 1. The molecule has 0 bridgehead atoms. The highest BCUT2D eigenvalue weighted by atomic mass is 19.1. The molecule has 1 fully saturated rings. The van der Waals surface area contributed by atoms with Crippen LogP contribution in [0.5, 0.6) is 0 Å². The fraction of sp³-hybridized carbons (Fsp3) is 0.600. The minimum Gasteiger partial charge on any atom is -0.313 e. The molecule has 0 saturated heterocycles. The van der Waals surface area contributed by atoms with Gasteiger partial charge in [0.25, 0.3) is 0 Å². The molecule has 1 saturated carbocycles. The maximum atomic E-state index is 12.9. The molecule has 0 unspecified atom stereocenters. The first-order chi connectivity index (χ1) is 8.74. The summed E-state index contributed by atoms with van der Waals surface area (Å²) in [4.78, 5) is 0. The van der Waals surface area contributed by atoms with Crippen molar-refractivity contribution in [3.05, 3.63) is 35.4 Å². The fourth-order valence-corrected chi connectivity index (χ4v) is 2.76. The van der Waals surface area contributed by atoms with E-state index in [9.17, 15) is 8.78 Å². The molecule has 18 heavy (non-hydrogen) atoms. The fourth-order valence-electron chi connectivity index (χ4n) is 2.76. The van der Waals surface area contributed by atoms with Crippen LogP contribution in [0.3, 0.4) is 0 Å². The van der Waals surface area contributed by atoms with Gasteiger partial charge in [-0.1, -0.05) is 25.7 Å². The van der Waals surface area contributed by atoms with Gasteiger partial charge in [0.2, 0.25) is 0 Å². The summed E-state index contributed by atoms with van der Waals surface area (Å²) >= 11 is 0. The van der Waals surface area contributed by atoms with Crippen molar-refractivity contribution in [3.8, 4) is 0 Å². The molecule has 1 aromatic carbocycles. The lowest BCUT2D eigenvalue weighted by Crippen LogP contribution is -2.15. The van der Waals surface area contributed by atoms with E-state index < -0.39 is 11.6 Å². The van der Waals surface area contributed by atoms with Gasteiger partial charge in [0.15, 0.2) is 0 Å². The molecule has 1 aromatic rings. The zero-order valence-corrected chi connectivity index (χ0v) is 10.7. The third kappa shape index (κ3) is 4.37. The van der Waals surface area contributed by atoms with Gasteiger partial charge in [0.1, 0.15) is 11.6 Å². The van der Waals surface area contributed by atoms with E-state index in [1.807, 2.05) is 0 Å². The van der Waals surface area contributed by atoms with E-state index in [1.165, 1.54) is 44.2 Å². The van der Waals surface area contributed by atoms with Crippen LogP contribution >= 0.6 is 0 Å². The van der Waals surface area contributed by atoms with Crippen LogP contribution in [-0.2, 0) is 6.54 Å². The third-order valence-corrected chi connectivity index (χ3v) is 3.69. The smallest absolute Gasteiger partial charge is 0.126 e. The Bertz CT molecular complexity index is 353. The average Bonchev–Trinajstić information content (AvgIpc) is 2.80. The molecule has 1 aliphatic rings.